The number of likely N-dealkylation sites (tertiary alicyclic amines) is 1. The number of hydrogen-bond donors (Lipinski definition) is 1. The number of carbonyl (C=O) groups is 2. The molecule has 0 bridgehead atoms. The Morgan fingerprint density at radius 1 is 1.03 bits per heavy atom. The molecule has 0 saturated carbocycles. The van der Waals surface area contributed by atoms with Gasteiger partial charge in [0.05, 0.1) is 26.9 Å². The number of benzene rings is 2. The predicted molar refractivity (Wildman–Crippen MR) is 117 cm³/mol. The monoisotopic (exact) mass is 426 g/mol. The third-order valence-electron chi connectivity index (χ3n) is 5.61. The minimum Gasteiger partial charge on any atom is -0.493 e. The topological polar surface area (TPSA) is 77.1 Å². The minimum atomic E-state index is -0.333. The number of hydrogen-bond acceptors (Lipinski definition) is 6. The smallest absolute Gasteiger partial charge is 0.337 e. The third kappa shape index (κ3) is 5.76. The summed E-state index contributed by atoms with van der Waals surface area (Å²) in [4.78, 5) is 25.9. The van der Waals surface area contributed by atoms with E-state index in [1.54, 1.807) is 26.4 Å². The zero-order valence-electron chi connectivity index (χ0n) is 18.3. The summed E-state index contributed by atoms with van der Waals surface area (Å²) in [5.74, 6) is 1.21. The Balaban J connectivity index is 1.51. The van der Waals surface area contributed by atoms with Crippen molar-refractivity contribution in [1.82, 2.24) is 10.2 Å². The molecule has 1 amide bonds. The molecule has 2 aromatic rings. The normalized spacial score (nSPS) is 15.8. The number of amides is 1. The zero-order valence-corrected chi connectivity index (χ0v) is 18.3. The number of rotatable bonds is 10. The van der Waals surface area contributed by atoms with Gasteiger partial charge < -0.3 is 24.4 Å². The van der Waals surface area contributed by atoms with Gasteiger partial charge in [0.2, 0.25) is 5.91 Å². The van der Waals surface area contributed by atoms with Crippen LogP contribution in [0.4, 0.5) is 0 Å². The molecular formula is C24H30N2O5. The van der Waals surface area contributed by atoms with E-state index < -0.39 is 0 Å². The van der Waals surface area contributed by atoms with Crippen molar-refractivity contribution in [3.05, 3.63) is 59.2 Å². The van der Waals surface area contributed by atoms with Gasteiger partial charge in [-0.1, -0.05) is 18.2 Å². The van der Waals surface area contributed by atoms with Gasteiger partial charge in [-0.3, -0.25) is 4.79 Å². The van der Waals surface area contributed by atoms with Gasteiger partial charge >= 0.3 is 5.97 Å². The summed E-state index contributed by atoms with van der Waals surface area (Å²) in [6.07, 6.45) is 2.36. The lowest BCUT2D eigenvalue weighted by atomic mass is 10.1. The van der Waals surface area contributed by atoms with Crippen molar-refractivity contribution in [1.29, 1.82) is 0 Å². The summed E-state index contributed by atoms with van der Waals surface area (Å²) in [6, 6.07) is 13.4. The second-order valence-corrected chi connectivity index (χ2v) is 7.56. The molecule has 0 aromatic heterocycles. The van der Waals surface area contributed by atoms with Crippen molar-refractivity contribution in [2.24, 2.45) is 0 Å². The van der Waals surface area contributed by atoms with E-state index >= 15 is 0 Å². The summed E-state index contributed by atoms with van der Waals surface area (Å²) < 4.78 is 15.4. The molecule has 1 aliphatic rings. The van der Waals surface area contributed by atoms with E-state index in [4.69, 9.17) is 14.2 Å². The van der Waals surface area contributed by atoms with Gasteiger partial charge in [0.15, 0.2) is 11.5 Å². The molecule has 7 nitrogen and oxygen atoms in total. The van der Waals surface area contributed by atoms with Gasteiger partial charge in [0, 0.05) is 25.6 Å². The molecule has 0 radical (unpaired) electrons. The molecule has 1 N–H and O–H groups in total. The van der Waals surface area contributed by atoms with Crippen molar-refractivity contribution < 1.29 is 23.8 Å². The highest BCUT2D eigenvalue weighted by Crippen LogP contribution is 2.30. The highest BCUT2D eigenvalue weighted by atomic mass is 16.5. The third-order valence-corrected chi connectivity index (χ3v) is 5.61. The molecule has 1 saturated heterocycles. The SMILES string of the molecule is COC(=O)c1ccc(CNCC[C@H]2CCC(=O)N2Cc2ccc(OC)c(OC)c2)cc1. The van der Waals surface area contributed by atoms with E-state index in [1.807, 2.05) is 35.2 Å². The fourth-order valence-corrected chi connectivity index (χ4v) is 3.86. The van der Waals surface area contributed by atoms with Gasteiger partial charge in [0.1, 0.15) is 0 Å². The molecule has 0 unspecified atom stereocenters. The lowest BCUT2D eigenvalue weighted by molar-refractivity contribution is -0.129. The van der Waals surface area contributed by atoms with Gasteiger partial charge in [0.25, 0.3) is 0 Å². The van der Waals surface area contributed by atoms with Gasteiger partial charge in [-0.05, 0) is 54.8 Å². The van der Waals surface area contributed by atoms with Crippen LogP contribution in [0.3, 0.4) is 0 Å². The zero-order chi connectivity index (χ0) is 22.2. The number of carbonyl (C=O) groups excluding carboxylic acids is 2. The maximum Gasteiger partial charge on any atom is 0.337 e. The van der Waals surface area contributed by atoms with Gasteiger partial charge in [-0.2, -0.15) is 0 Å². The number of methoxy groups -OCH3 is 3. The van der Waals surface area contributed by atoms with Crippen LogP contribution in [0.1, 0.15) is 40.7 Å². The molecule has 7 heteroatoms. The lowest BCUT2D eigenvalue weighted by Gasteiger charge is -2.25. The molecule has 0 spiro atoms. The van der Waals surface area contributed by atoms with Crippen LogP contribution in [0, 0.1) is 0 Å². The summed E-state index contributed by atoms with van der Waals surface area (Å²) >= 11 is 0. The first kappa shape index (κ1) is 22.6. The first-order valence-electron chi connectivity index (χ1n) is 10.4. The Morgan fingerprint density at radius 2 is 1.74 bits per heavy atom. The van der Waals surface area contributed by atoms with Crippen LogP contribution in [-0.4, -0.2) is 50.7 Å². The van der Waals surface area contributed by atoms with Crippen LogP contribution in [0.2, 0.25) is 0 Å². The molecule has 2 aromatic carbocycles. The highest BCUT2D eigenvalue weighted by molar-refractivity contribution is 5.89. The maximum atomic E-state index is 12.4. The van der Waals surface area contributed by atoms with E-state index in [9.17, 15) is 9.59 Å². The fourth-order valence-electron chi connectivity index (χ4n) is 3.86. The highest BCUT2D eigenvalue weighted by Gasteiger charge is 2.30. The minimum absolute atomic E-state index is 0.193. The van der Waals surface area contributed by atoms with E-state index in [0.29, 0.717) is 36.6 Å². The summed E-state index contributed by atoms with van der Waals surface area (Å²) in [5.41, 5.74) is 2.66. The molecular weight excluding hydrogens is 396 g/mol. The van der Waals surface area contributed by atoms with Crippen LogP contribution in [0.25, 0.3) is 0 Å². The molecule has 166 valence electrons. The van der Waals surface area contributed by atoms with Crippen LogP contribution in [0.15, 0.2) is 42.5 Å². The molecule has 3 rings (SSSR count). The average Bonchev–Trinajstić information content (AvgIpc) is 3.15. The quantitative estimate of drug-likeness (QED) is 0.465. The van der Waals surface area contributed by atoms with E-state index in [1.165, 1.54) is 7.11 Å². The summed E-state index contributed by atoms with van der Waals surface area (Å²) in [5, 5.41) is 3.43. The lowest BCUT2D eigenvalue weighted by Crippen LogP contribution is -2.34. The van der Waals surface area contributed by atoms with Gasteiger partial charge in [-0.25, -0.2) is 4.79 Å². The first-order chi connectivity index (χ1) is 15.0. The van der Waals surface area contributed by atoms with Crippen LogP contribution in [0.5, 0.6) is 11.5 Å². The molecule has 0 aliphatic carbocycles. The van der Waals surface area contributed by atoms with Crippen molar-refractivity contribution >= 4 is 11.9 Å². The number of nitrogens with zero attached hydrogens (tertiary/aromatic N) is 1. The van der Waals surface area contributed by atoms with E-state index in [0.717, 1.165) is 30.5 Å². The molecule has 31 heavy (non-hydrogen) atoms. The van der Waals surface area contributed by atoms with Crippen LogP contribution >= 0.6 is 0 Å². The number of esters is 1. The van der Waals surface area contributed by atoms with E-state index in [-0.39, 0.29) is 17.9 Å². The molecule has 1 aliphatic heterocycles. The van der Waals surface area contributed by atoms with Gasteiger partial charge in [-0.15, -0.1) is 0 Å². The second-order valence-electron chi connectivity index (χ2n) is 7.56. The Hall–Kier alpha value is -3.06. The summed E-state index contributed by atoms with van der Waals surface area (Å²) in [6.45, 7) is 2.08. The Kier molecular flexibility index (Phi) is 7.89. The van der Waals surface area contributed by atoms with Crippen molar-refractivity contribution in [3.63, 3.8) is 0 Å². The summed E-state index contributed by atoms with van der Waals surface area (Å²) in [7, 11) is 4.60. The van der Waals surface area contributed by atoms with E-state index in [2.05, 4.69) is 5.32 Å². The standard InChI is InChI=1S/C24H30N2O5/c1-29-21-10-6-18(14-22(21)30-2)16-26-20(9-11-23(26)27)12-13-25-15-17-4-7-19(8-5-17)24(28)31-3/h4-8,10,14,20,25H,9,11-13,15-16H2,1-3H3/t20-/m1/s1. The molecule has 1 atom stereocenters. The van der Waals surface area contributed by atoms with Crippen molar-refractivity contribution in [2.75, 3.05) is 27.9 Å². The van der Waals surface area contributed by atoms with Crippen molar-refractivity contribution in [3.8, 4) is 11.5 Å². The Bertz CT molecular complexity index is 897. The molecule has 1 fully saturated rings. The second kappa shape index (κ2) is 10.8. The number of nitrogens with one attached hydrogen (secondary N) is 1. The Labute approximate surface area is 183 Å². The largest absolute Gasteiger partial charge is 0.493 e. The number of ether oxygens (including phenoxy) is 3. The van der Waals surface area contributed by atoms with Crippen LogP contribution < -0.4 is 14.8 Å². The first-order valence-corrected chi connectivity index (χ1v) is 10.4. The maximum absolute atomic E-state index is 12.4. The van der Waals surface area contributed by atoms with Crippen LogP contribution in [-0.2, 0) is 22.6 Å². The van der Waals surface area contributed by atoms with Crippen molar-refractivity contribution in [2.45, 2.75) is 38.4 Å². The predicted octanol–water partition coefficient (Wildman–Crippen LogP) is 3.16. The molecule has 1 heterocycles. The fraction of sp³-hybridized carbons (Fsp3) is 0.417. The Morgan fingerprint density at radius 3 is 2.42 bits per heavy atom. The average molecular weight is 427 g/mol.